The number of hydrogen-bond donors (Lipinski definition) is 0. The van der Waals surface area contributed by atoms with Crippen molar-refractivity contribution in [1.82, 2.24) is 0 Å². The topological polar surface area (TPSA) is 34.1 Å². The lowest BCUT2D eigenvalue weighted by Crippen LogP contribution is -1.97. The van der Waals surface area contributed by atoms with E-state index in [-0.39, 0.29) is 9.79 Å². The monoisotopic (exact) mass is 454 g/mol. The first-order valence-electron chi connectivity index (χ1n) is 7.98. The predicted molar refractivity (Wildman–Crippen MR) is 111 cm³/mol. The van der Waals surface area contributed by atoms with Gasteiger partial charge in [-0.3, -0.25) is 0 Å². The Kier molecular flexibility index (Phi) is 5.22. The number of benzene rings is 4. The maximum atomic E-state index is 13.7. The lowest BCUT2D eigenvalue weighted by Gasteiger charge is -2.16. The standard InChI is InChI=1S/C20H10Cl2F2O2S2/c21-27(25)17-7-1-11-9-13(23)3-5-15(11)19(17)20-16-6-4-14(24)10-12(16)2-8-18(20)28(22)26/h1-10H. The lowest BCUT2D eigenvalue weighted by atomic mass is 9.93. The van der Waals surface area contributed by atoms with E-state index >= 15 is 0 Å². The molecule has 4 aromatic rings. The van der Waals surface area contributed by atoms with Crippen molar-refractivity contribution in [3.63, 3.8) is 0 Å². The van der Waals surface area contributed by atoms with E-state index in [0.29, 0.717) is 32.7 Å². The lowest BCUT2D eigenvalue weighted by molar-refractivity contribution is 0.629. The van der Waals surface area contributed by atoms with Crippen molar-refractivity contribution >= 4 is 62.9 Å². The second-order valence-electron chi connectivity index (χ2n) is 6.06. The normalized spacial score (nSPS) is 13.7. The maximum absolute atomic E-state index is 13.7. The molecule has 2 atom stereocenters. The molecule has 0 aromatic heterocycles. The van der Waals surface area contributed by atoms with Crippen LogP contribution in [0.4, 0.5) is 8.78 Å². The Hall–Kier alpha value is -1.86. The Balaban J connectivity index is 2.25. The fraction of sp³-hybridized carbons (Fsp3) is 0. The number of rotatable bonds is 3. The van der Waals surface area contributed by atoms with Crippen LogP contribution < -0.4 is 0 Å². The van der Waals surface area contributed by atoms with Gasteiger partial charge in [-0.25, -0.2) is 17.2 Å². The molecule has 142 valence electrons. The molecule has 0 N–H and O–H groups in total. The van der Waals surface area contributed by atoms with E-state index in [1.54, 1.807) is 12.1 Å². The molecule has 28 heavy (non-hydrogen) atoms. The van der Waals surface area contributed by atoms with Crippen LogP contribution >= 0.6 is 21.4 Å². The fourth-order valence-electron chi connectivity index (χ4n) is 3.34. The third-order valence-corrected chi connectivity index (χ3v) is 6.85. The zero-order chi connectivity index (χ0) is 20.0. The molecule has 0 aliphatic carbocycles. The second-order valence-corrected chi connectivity index (χ2v) is 9.51. The summed E-state index contributed by atoms with van der Waals surface area (Å²) in [5.74, 6) is -0.862. The molecule has 0 bridgehead atoms. The van der Waals surface area contributed by atoms with Crippen molar-refractivity contribution in [2.24, 2.45) is 0 Å². The van der Waals surface area contributed by atoms with Crippen molar-refractivity contribution in [2.75, 3.05) is 0 Å². The Labute approximate surface area is 173 Å². The van der Waals surface area contributed by atoms with E-state index in [9.17, 15) is 17.2 Å². The number of fused-ring (bicyclic) bond motifs is 2. The summed E-state index contributed by atoms with van der Waals surface area (Å²) in [6, 6.07) is 14.6. The quantitative estimate of drug-likeness (QED) is 0.332. The van der Waals surface area contributed by atoms with Crippen LogP contribution in [0.1, 0.15) is 0 Å². The van der Waals surface area contributed by atoms with Gasteiger partial charge >= 0.3 is 0 Å². The smallest absolute Gasteiger partial charge is 0.148 e. The molecule has 0 amide bonds. The van der Waals surface area contributed by atoms with Crippen LogP contribution in [-0.4, -0.2) is 8.42 Å². The molecule has 0 aliphatic rings. The van der Waals surface area contributed by atoms with E-state index in [0.717, 1.165) is 0 Å². The molecular formula is C20H10Cl2F2O2S2. The van der Waals surface area contributed by atoms with E-state index in [4.69, 9.17) is 21.4 Å². The summed E-state index contributed by atoms with van der Waals surface area (Å²) in [5.41, 5.74) is 0.846. The zero-order valence-corrected chi connectivity index (χ0v) is 17.1. The molecule has 4 rings (SSSR count). The van der Waals surface area contributed by atoms with E-state index in [1.807, 2.05) is 0 Å². The van der Waals surface area contributed by atoms with Gasteiger partial charge in [0.15, 0.2) is 0 Å². The van der Waals surface area contributed by atoms with Crippen LogP contribution in [0, 0.1) is 11.6 Å². The summed E-state index contributed by atoms with van der Waals surface area (Å²) in [7, 11) is 8.04. The van der Waals surface area contributed by atoms with Crippen LogP contribution in [0.15, 0.2) is 70.5 Å². The van der Waals surface area contributed by atoms with Crippen LogP contribution in [0.3, 0.4) is 0 Å². The van der Waals surface area contributed by atoms with Gasteiger partial charge < -0.3 is 0 Å². The summed E-state index contributed by atoms with van der Waals surface area (Å²) in [4.78, 5) is 0.530. The van der Waals surface area contributed by atoms with E-state index in [1.165, 1.54) is 48.5 Å². The van der Waals surface area contributed by atoms with Crippen molar-refractivity contribution in [3.05, 3.63) is 72.3 Å². The van der Waals surface area contributed by atoms with Crippen molar-refractivity contribution in [1.29, 1.82) is 0 Å². The molecule has 2 nitrogen and oxygen atoms in total. The average molecular weight is 455 g/mol. The van der Waals surface area contributed by atoms with Crippen molar-refractivity contribution in [2.45, 2.75) is 9.79 Å². The summed E-state index contributed by atoms with van der Waals surface area (Å²) in [6.07, 6.45) is 0. The molecular weight excluding hydrogens is 445 g/mol. The average Bonchev–Trinajstić information content (AvgIpc) is 2.65. The van der Waals surface area contributed by atoms with Gasteiger partial charge in [0, 0.05) is 11.1 Å². The van der Waals surface area contributed by atoms with Crippen LogP contribution in [-0.2, 0) is 20.0 Å². The first-order chi connectivity index (χ1) is 13.4. The summed E-state index contributed by atoms with van der Waals surface area (Å²) < 4.78 is 52.0. The van der Waals surface area contributed by atoms with Gasteiger partial charge in [0.2, 0.25) is 0 Å². The van der Waals surface area contributed by atoms with Crippen LogP contribution in [0.5, 0.6) is 0 Å². The zero-order valence-electron chi connectivity index (χ0n) is 13.9. The van der Waals surface area contributed by atoms with E-state index in [2.05, 4.69) is 0 Å². The predicted octanol–water partition coefficient (Wildman–Crippen LogP) is 6.46. The number of hydrogen-bond acceptors (Lipinski definition) is 2. The molecule has 0 saturated carbocycles. The summed E-state index contributed by atoms with van der Waals surface area (Å²) in [6.45, 7) is 0. The van der Waals surface area contributed by atoms with Gasteiger partial charge in [0.1, 0.15) is 31.7 Å². The van der Waals surface area contributed by atoms with Gasteiger partial charge in [0.05, 0.1) is 9.79 Å². The molecule has 0 aliphatic heterocycles. The minimum Gasteiger partial charge on any atom is -0.237 e. The molecule has 8 heteroatoms. The summed E-state index contributed by atoms with van der Waals surface area (Å²) in [5, 5.41) is 2.22. The highest BCUT2D eigenvalue weighted by Crippen LogP contribution is 2.42. The SMILES string of the molecule is O=S(Cl)c1ccc2cc(F)ccc2c1-c1c(S(=O)Cl)ccc2cc(F)ccc12. The highest BCUT2D eigenvalue weighted by atomic mass is 35.7. The van der Waals surface area contributed by atoms with Gasteiger partial charge in [-0.2, -0.15) is 0 Å². The van der Waals surface area contributed by atoms with Gasteiger partial charge in [0.25, 0.3) is 0 Å². The minimum absolute atomic E-state index is 0.265. The number of halogens is 4. The Morgan fingerprint density at radius 1 is 0.607 bits per heavy atom. The van der Waals surface area contributed by atoms with Crippen molar-refractivity contribution < 1.29 is 17.2 Å². The minimum atomic E-state index is -1.91. The first kappa shape index (κ1) is 19.5. The molecule has 0 radical (unpaired) electrons. The summed E-state index contributed by atoms with van der Waals surface area (Å²) >= 11 is 0. The Morgan fingerprint density at radius 3 is 1.36 bits per heavy atom. The molecule has 0 fully saturated rings. The van der Waals surface area contributed by atoms with E-state index < -0.39 is 31.7 Å². The molecule has 4 aromatic carbocycles. The van der Waals surface area contributed by atoms with Gasteiger partial charge in [-0.15, -0.1) is 0 Å². The Morgan fingerprint density at radius 2 is 1.00 bits per heavy atom. The highest BCUT2D eigenvalue weighted by molar-refractivity contribution is 8.08. The molecule has 0 heterocycles. The van der Waals surface area contributed by atoms with Crippen LogP contribution in [0.25, 0.3) is 32.7 Å². The highest BCUT2D eigenvalue weighted by Gasteiger charge is 2.21. The molecule has 0 spiro atoms. The first-order valence-corrected chi connectivity index (χ1v) is 11.9. The van der Waals surface area contributed by atoms with Gasteiger partial charge in [-0.1, -0.05) is 24.3 Å². The molecule has 0 saturated heterocycles. The fourth-order valence-corrected chi connectivity index (χ4v) is 5.21. The maximum Gasteiger partial charge on any atom is 0.148 e. The third-order valence-electron chi connectivity index (χ3n) is 4.48. The van der Waals surface area contributed by atoms with Crippen molar-refractivity contribution in [3.8, 4) is 11.1 Å². The second kappa shape index (κ2) is 7.52. The largest absolute Gasteiger partial charge is 0.237 e. The van der Waals surface area contributed by atoms with Crippen LogP contribution in [0.2, 0.25) is 0 Å². The molecule has 2 unspecified atom stereocenters. The van der Waals surface area contributed by atoms with Gasteiger partial charge in [-0.05, 0) is 79.3 Å². The third kappa shape index (κ3) is 3.35. The Bertz CT molecular complexity index is 1210.